The van der Waals surface area contributed by atoms with Crippen molar-refractivity contribution in [3.63, 3.8) is 0 Å². The van der Waals surface area contributed by atoms with Crippen molar-refractivity contribution in [3.8, 4) is 17.2 Å². The Bertz CT molecular complexity index is 651. The molecule has 6 heteroatoms. The number of likely N-dealkylation sites (tertiary alicyclic amines) is 1. The van der Waals surface area contributed by atoms with Crippen molar-refractivity contribution < 1.29 is 19.0 Å². The first kappa shape index (κ1) is 19.5. The maximum Gasteiger partial charge on any atom is 0.244 e. The van der Waals surface area contributed by atoms with E-state index in [-0.39, 0.29) is 5.91 Å². The molecular formula is C21H30N2O4. The summed E-state index contributed by atoms with van der Waals surface area (Å²) in [5.74, 6) is 2.24. The number of hydrogen-bond donors (Lipinski definition) is 1. The third kappa shape index (κ3) is 5.63. The van der Waals surface area contributed by atoms with Crippen molar-refractivity contribution in [3.05, 3.63) is 23.8 Å². The second-order valence-corrected chi connectivity index (χ2v) is 7.29. The number of piperidine rings is 1. The van der Waals surface area contributed by atoms with Crippen LogP contribution < -0.4 is 19.5 Å². The Hall–Kier alpha value is -2.21. The zero-order valence-corrected chi connectivity index (χ0v) is 16.3. The molecule has 1 saturated heterocycles. The molecule has 2 aliphatic rings. The molecule has 1 aromatic carbocycles. The predicted molar refractivity (Wildman–Crippen MR) is 105 cm³/mol. The molecule has 3 rings (SSSR count). The molecule has 1 fully saturated rings. The lowest BCUT2D eigenvalue weighted by Crippen LogP contribution is -2.37. The van der Waals surface area contributed by atoms with Crippen LogP contribution in [0.3, 0.4) is 0 Å². The Balaban J connectivity index is 1.50. The average Bonchev–Trinajstić information content (AvgIpc) is 2.70. The zero-order chi connectivity index (χ0) is 19.1. The van der Waals surface area contributed by atoms with Crippen LogP contribution in [0, 0.1) is 5.92 Å². The van der Waals surface area contributed by atoms with Crippen molar-refractivity contribution in [2.75, 3.05) is 46.5 Å². The lowest BCUT2D eigenvalue weighted by atomic mass is 10.1. The number of amides is 1. The molecule has 148 valence electrons. The quantitative estimate of drug-likeness (QED) is 0.744. The highest BCUT2D eigenvalue weighted by Crippen LogP contribution is 2.40. The molecular weight excluding hydrogens is 344 g/mol. The summed E-state index contributed by atoms with van der Waals surface area (Å²) in [6.07, 6.45) is 7.25. The van der Waals surface area contributed by atoms with Crippen LogP contribution in [-0.2, 0) is 4.79 Å². The molecule has 0 radical (unpaired) electrons. The summed E-state index contributed by atoms with van der Waals surface area (Å²) in [7, 11) is 1.59. The number of methoxy groups -OCH3 is 1. The molecule has 1 unspecified atom stereocenters. The van der Waals surface area contributed by atoms with Gasteiger partial charge in [-0.05, 0) is 55.6 Å². The Morgan fingerprint density at radius 2 is 2.04 bits per heavy atom. The van der Waals surface area contributed by atoms with Gasteiger partial charge in [0.25, 0.3) is 0 Å². The van der Waals surface area contributed by atoms with Gasteiger partial charge in [-0.25, -0.2) is 0 Å². The van der Waals surface area contributed by atoms with Crippen molar-refractivity contribution in [2.45, 2.75) is 26.2 Å². The molecule has 1 aromatic rings. The minimum absolute atomic E-state index is 0.0886. The van der Waals surface area contributed by atoms with E-state index in [9.17, 15) is 4.79 Å². The zero-order valence-electron chi connectivity index (χ0n) is 16.3. The van der Waals surface area contributed by atoms with Crippen LogP contribution in [0.5, 0.6) is 17.2 Å². The van der Waals surface area contributed by atoms with Crippen molar-refractivity contribution in [2.24, 2.45) is 5.92 Å². The number of fused-ring (bicyclic) bond motifs is 1. The predicted octanol–water partition coefficient (Wildman–Crippen LogP) is 2.72. The standard InChI is InChI=1S/C21H30N2O4/c1-16(15-23-8-4-3-5-9-23)14-22-20(24)7-6-17-12-18(25-2)21-19(13-17)26-10-11-27-21/h6-7,12-13,16H,3-5,8-11,14-15H2,1-2H3,(H,22,24)/b7-6+. The Morgan fingerprint density at radius 3 is 2.81 bits per heavy atom. The fourth-order valence-corrected chi connectivity index (χ4v) is 3.54. The van der Waals surface area contributed by atoms with Crippen molar-refractivity contribution >= 4 is 12.0 Å². The summed E-state index contributed by atoms with van der Waals surface area (Å²) in [5.41, 5.74) is 0.840. The van der Waals surface area contributed by atoms with Gasteiger partial charge >= 0.3 is 0 Å². The molecule has 0 aromatic heterocycles. The molecule has 1 N–H and O–H groups in total. The van der Waals surface area contributed by atoms with Crippen LogP contribution in [0.2, 0.25) is 0 Å². The van der Waals surface area contributed by atoms with E-state index in [4.69, 9.17) is 14.2 Å². The second kappa shape index (κ2) is 9.65. The lowest BCUT2D eigenvalue weighted by Gasteiger charge is -2.29. The first-order chi connectivity index (χ1) is 13.2. The molecule has 2 aliphatic heterocycles. The van der Waals surface area contributed by atoms with Crippen molar-refractivity contribution in [1.82, 2.24) is 10.2 Å². The number of carbonyl (C=O) groups excluding carboxylic acids is 1. The largest absolute Gasteiger partial charge is 0.493 e. The van der Waals surface area contributed by atoms with E-state index in [2.05, 4.69) is 17.1 Å². The van der Waals surface area contributed by atoms with E-state index in [0.717, 1.165) is 12.1 Å². The molecule has 6 nitrogen and oxygen atoms in total. The van der Waals surface area contributed by atoms with Crippen LogP contribution >= 0.6 is 0 Å². The first-order valence-electron chi connectivity index (χ1n) is 9.81. The lowest BCUT2D eigenvalue weighted by molar-refractivity contribution is -0.116. The van der Waals surface area contributed by atoms with Gasteiger partial charge < -0.3 is 24.4 Å². The molecule has 1 amide bonds. The van der Waals surface area contributed by atoms with Gasteiger partial charge in [-0.2, -0.15) is 0 Å². The third-order valence-corrected chi connectivity index (χ3v) is 4.92. The summed E-state index contributed by atoms with van der Waals surface area (Å²) in [5, 5.41) is 2.99. The highest BCUT2D eigenvalue weighted by Gasteiger charge is 2.18. The summed E-state index contributed by atoms with van der Waals surface area (Å²) in [6.45, 7) is 7.31. The Morgan fingerprint density at radius 1 is 1.26 bits per heavy atom. The normalized spacial score (nSPS) is 18.3. The molecule has 0 aliphatic carbocycles. The van der Waals surface area contributed by atoms with E-state index in [1.807, 2.05) is 12.1 Å². The Labute approximate surface area is 161 Å². The van der Waals surface area contributed by atoms with Gasteiger partial charge in [0, 0.05) is 19.2 Å². The number of ether oxygens (including phenoxy) is 3. The number of nitrogens with zero attached hydrogens (tertiary/aromatic N) is 1. The molecule has 27 heavy (non-hydrogen) atoms. The van der Waals surface area contributed by atoms with Gasteiger partial charge in [0.1, 0.15) is 13.2 Å². The van der Waals surface area contributed by atoms with Gasteiger partial charge in [0.2, 0.25) is 11.7 Å². The van der Waals surface area contributed by atoms with E-state index < -0.39 is 0 Å². The SMILES string of the molecule is COc1cc(/C=C/C(=O)NCC(C)CN2CCCCC2)cc2c1OCCO2. The van der Waals surface area contributed by atoms with Gasteiger partial charge in [0.15, 0.2) is 11.5 Å². The molecule has 0 spiro atoms. The van der Waals surface area contributed by atoms with Crippen LogP contribution in [-0.4, -0.2) is 57.3 Å². The van der Waals surface area contributed by atoms with Crippen LogP contribution in [0.15, 0.2) is 18.2 Å². The van der Waals surface area contributed by atoms with Crippen LogP contribution in [0.25, 0.3) is 6.08 Å². The van der Waals surface area contributed by atoms with E-state index >= 15 is 0 Å². The topological polar surface area (TPSA) is 60.0 Å². The van der Waals surface area contributed by atoms with Crippen molar-refractivity contribution in [1.29, 1.82) is 0 Å². The van der Waals surface area contributed by atoms with E-state index in [0.29, 0.717) is 42.9 Å². The maximum atomic E-state index is 12.2. The van der Waals surface area contributed by atoms with Gasteiger partial charge in [0.05, 0.1) is 7.11 Å². The fraction of sp³-hybridized carbons (Fsp3) is 0.571. The minimum atomic E-state index is -0.0886. The summed E-state index contributed by atoms with van der Waals surface area (Å²) in [4.78, 5) is 14.7. The molecule has 1 atom stereocenters. The van der Waals surface area contributed by atoms with Gasteiger partial charge in [-0.1, -0.05) is 13.3 Å². The third-order valence-electron chi connectivity index (χ3n) is 4.92. The number of hydrogen-bond acceptors (Lipinski definition) is 5. The smallest absolute Gasteiger partial charge is 0.244 e. The van der Waals surface area contributed by atoms with Crippen LogP contribution in [0.1, 0.15) is 31.7 Å². The first-order valence-corrected chi connectivity index (χ1v) is 9.81. The second-order valence-electron chi connectivity index (χ2n) is 7.29. The molecule has 0 bridgehead atoms. The maximum absolute atomic E-state index is 12.2. The highest BCUT2D eigenvalue weighted by atomic mass is 16.6. The van der Waals surface area contributed by atoms with E-state index in [1.165, 1.54) is 32.4 Å². The number of carbonyl (C=O) groups is 1. The summed E-state index contributed by atoms with van der Waals surface area (Å²) < 4.78 is 16.6. The number of nitrogens with one attached hydrogen (secondary N) is 1. The fourth-order valence-electron chi connectivity index (χ4n) is 3.54. The van der Waals surface area contributed by atoms with Gasteiger partial charge in [-0.3, -0.25) is 4.79 Å². The number of rotatable bonds is 7. The van der Waals surface area contributed by atoms with Gasteiger partial charge in [-0.15, -0.1) is 0 Å². The van der Waals surface area contributed by atoms with Crippen LogP contribution in [0.4, 0.5) is 0 Å². The number of benzene rings is 1. The Kier molecular flexibility index (Phi) is 6.98. The highest BCUT2D eigenvalue weighted by molar-refractivity contribution is 5.91. The van der Waals surface area contributed by atoms with E-state index in [1.54, 1.807) is 19.3 Å². The monoisotopic (exact) mass is 374 g/mol. The molecule has 2 heterocycles. The molecule has 0 saturated carbocycles. The summed E-state index contributed by atoms with van der Waals surface area (Å²) >= 11 is 0. The average molecular weight is 374 g/mol. The summed E-state index contributed by atoms with van der Waals surface area (Å²) in [6, 6.07) is 3.70. The minimum Gasteiger partial charge on any atom is -0.493 e.